The first-order chi connectivity index (χ1) is 7.09. The Balaban J connectivity index is 1.74. The van der Waals surface area contributed by atoms with Crippen LogP contribution in [0.1, 0.15) is 52.4 Å². The van der Waals surface area contributed by atoms with Crippen LogP contribution in [0.5, 0.6) is 0 Å². The van der Waals surface area contributed by atoms with Gasteiger partial charge in [0.05, 0.1) is 12.2 Å². The lowest BCUT2D eigenvalue weighted by Crippen LogP contribution is -2.44. The number of aliphatic hydroxyl groups excluding tert-OH is 1. The summed E-state index contributed by atoms with van der Waals surface area (Å²) in [6.45, 7) is 5.14. The van der Waals surface area contributed by atoms with Crippen molar-refractivity contribution in [1.29, 1.82) is 0 Å². The van der Waals surface area contributed by atoms with E-state index in [2.05, 4.69) is 13.8 Å². The molecule has 0 radical (unpaired) electrons. The monoisotopic (exact) mass is 212 g/mol. The zero-order valence-corrected chi connectivity index (χ0v) is 10.0. The third-order valence-corrected chi connectivity index (χ3v) is 4.02. The van der Waals surface area contributed by atoms with Gasteiger partial charge in [0.25, 0.3) is 0 Å². The van der Waals surface area contributed by atoms with Gasteiger partial charge >= 0.3 is 0 Å². The molecule has 2 aliphatic carbocycles. The number of ether oxygens (including phenoxy) is 1. The minimum absolute atomic E-state index is 0.0441. The van der Waals surface area contributed by atoms with E-state index in [9.17, 15) is 5.11 Å². The van der Waals surface area contributed by atoms with Crippen LogP contribution in [0, 0.1) is 11.3 Å². The Morgan fingerprint density at radius 1 is 1.27 bits per heavy atom. The molecule has 0 aromatic heterocycles. The van der Waals surface area contributed by atoms with Crippen molar-refractivity contribution >= 4 is 0 Å². The Hall–Kier alpha value is -0.0800. The molecule has 0 amide bonds. The van der Waals surface area contributed by atoms with E-state index in [-0.39, 0.29) is 17.6 Å². The van der Waals surface area contributed by atoms with Gasteiger partial charge in [0.15, 0.2) is 0 Å². The highest BCUT2D eigenvalue weighted by molar-refractivity contribution is 4.89. The molecule has 2 unspecified atom stereocenters. The van der Waals surface area contributed by atoms with Crippen LogP contribution in [0.15, 0.2) is 0 Å². The van der Waals surface area contributed by atoms with Crippen molar-refractivity contribution in [1.82, 2.24) is 0 Å². The molecule has 15 heavy (non-hydrogen) atoms. The minimum atomic E-state index is -0.273. The second-order valence-corrected chi connectivity index (χ2v) is 5.97. The fraction of sp³-hybridized carbons (Fsp3) is 1.00. The number of hydrogen-bond acceptors (Lipinski definition) is 2. The number of aliphatic hydroxyl groups is 1. The van der Waals surface area contributed by atoms with Crippen LogP contribution >= 0.6 is 0 Å². The van der Waals surface area contributed by atoms with Crippen LogP contribution in [-0.2, 0) is 4.74 Å². The van der Waals surface area contributed by atoms with Crippen molar-refractivity contribution in [2.24, 2.45) is 11.3 Å². The highest BCUT2D eigenvalue weighted by atomic mass is 16.5. The van der Waals surface area contributed by atoms with Crippen molar-refractivity contribution in [3.63, 3.8) is 0 Å². The standard InChI is InChI=1S/C13H24O2/c1-13(2)8-3-4-11(12(13)14)15-9-7-10-5-6-10/h10-12,14H,3-9H2,1-2H3. The highest BCUT2D eigenvalue weighted by Crippen LogP contribution is 2.37. The van der Waals surface area contributed by atoms with Crippen LogP contribution in [0.25, 0.3) is 0 Å². The summed E-state index contributed by atoms with van der Waals surface area (Å²) in [5, 5.41) is 10.2. The summed E-state index contributed by atoms with van der Waals surface area (Å²) in [5.74, 6) is 0.929. The van der Waals surface area contributed by atoms with E-state index >= 15 is 0 Å². The molecule has 0 bridgehead atoms. The molecule has 0 spiro atoms. The van der Waals surface area contributed by atoms with Gasteiger partial charge in [-0.05, 0) is 30.6 Å². The van der Waals surface area contributed by atoms with Gasteiger partial charge in [-0.25, -0.2) is 0 Å². The van der Waals surface area contributed by atoms with Crippen LogP contribution in [0.4, 0.5) is 0 Å². The first-order valence-electron chi connectivity index (χ1n) is 6.39. The maximum absolute atomic E-state index is 10.2. The van der Waals surface area contributed by atoms with Gasteiger partial charge in [-0.3, -0.25) is 0 Å². The normalized spacial score (nSPS) is 35.4. The molecule has 2 atom stereocenters. The summed E-state index contributed by atoms with van der Waals surface area (Å²) >= 11 is 0. The van der Waals surface area contributed by atoms with Crippen molar-refractivity contribution < 1.29 is 9.84 Å². The first-order valence-corrected chi connectivity index (χ1v) is 6.39. The van der Waals surface area contributed by atoms with Crippen molar-refractivity contribution in [3.8, 4) is 0 Å². The lowest BCUT2D eigenvalue weighted by molar-refractivity contribution is -0.113. The van der Waals surface area contributed by atoms with Crippen LogP contribution in [0.2, 0.25) is 0 Å². The van der Waals surface area contributed by atoms with Crippen LogP contribution in [-0.4, -0.2) is 23.9 Å². The number of hydrogen-bond donors (Lipinski definition) is 1. The average Bonchev–Trinajstić information content (AvgIpc) is 2.96. The summed E-state index contributed by atoms with van der Waals surface area (Å²) < 4.78 is 5.83. The van der Waals surface area contributed by atoms with Gasteiger partial charge < -0.3 is 9.84 Å². The van der Waals surface area contributed by atoms with Crippen molar-refractivity contribution in [2.75, 3.05) is 6.61 Å². The SMILES string of the molecule is CC1(C)CCCC(OCCC2CC2)C1O. The average molecular weight is 212 g/mol. The maximum Gasteiger partial charge on any atom is 0.0852 e. The fourth-order valence-corrected chi connectivity index (χ4v) is 2.53. The molecule has 0 saturated heterocycles. The molecule has 2 fully saturated rings. The second-order valence-electron chi connectivity index (χ2n) is 5.97. The second kappa shape index (κ2) is 4.42. The van der Waals surface area contributed by atoms with Crippen molar-refractivity contribution in [3.05, 3.63) is 0 Å². The van der Waals surface area contributed by atoms with E-state index in [1.165, 1.54) is 25.7 Å². The molecule has 2 nitrogen and oxygen atoms in total. The summed E-state index contributed by atoms with van der Waals surface area (Å²) in [6, 6.07) is 0. The van der Waals surface area contributed by atoms with Gasteiger partial charge in [-0.1, -0.05) is 33.1 Å². The van der Waals surface area contributed by atoms with E-state index in [4.69, 9.17) is 4.74 Å². The predicted molar refractivity (Wildman–Crippen MR) is 60.7 cm³/mol. The lowest BCUT2D eigenvalue weighted by Gasteiger charge is -2.40. The fourth-order valence-electron chi connectivity index (χ4n) is 2.53. The summed E-state index contributed by atoms with van der Waals surface area (Å²) in [5.41, 5.74) is 0.0441. The Morgan fingerprint density at radius 3 is 2.67 bits per heavy atom. The summed E-state index contributed by atoms with van der Waals surface area (Å²) in [4.78, 5) is 0. The van der Waals surface area contributed by atoms with Gasteiger partial charge in [0, 0.05) is 6.61 Å². The van der Waals surface area contributed by atoms with Gasteiger partial charge in [-0.15, -0.1) is 0 Å². The molecule has 2 saturated carbocycles. The van der Waals surface area contributed by atoms with E-state index < -0.39 is 0 Å². The van der Waals surface area contributed by atoms with E-state index in [1.807, 2.05) is 0 Å². The molecular weight excluding hydrogens is 188 g/mol. The summed E-state index contributed by atoms with van der Waals surface area (Å²) in [7, 11) is 0. The Morgan fingerprint density at radius 2 is 2.00 bits per heavy atom. The maximum atomic E-state index is 10.2. The van der Waals surface area contributed by atoms with E-state index in [0.29, 0.717) is 0 Å². The minimum Gasteiger partial charge on any atom is -0.390 e. The Bertz CT molecular complexity index is 209. The predicted octanol–water partition coefficient (Wildman–Crippen LogP) is 2.74. The van der Waals surface area contributed by atoms with Gasteiger partial charge in [0.2, 0.25) is 0 Å². The largest absolute Gasteiger partial charge is 0.390 e. The first kappa shape index (κ1) is 11.4. The molecule has 0 aliphatic heterocycles. The van der Waals surface area contributed by atoms with Crippen molar-refractivity contribution in [2.45, 2.75) is 64.6 Å². The number of rotatable bonds is 4. The zero-order chi connectivity index (χ0) is 10.9. The Labute approximate surface area is 93.0 Å². The highest BCUT2D eigenvalue weighted by Gasteiger charge is 2.38. The lowest BCUT2D eigenvalue weighted by atomic mass is 9.73. The quantitative estimate of drug-likeness (QED) is 0.776. The molecule has 2 rings (SSSR count). The zero-order valence-electron chi connectivity index (χ0n) is 10.0. The molecule has 88 valence electrons. The Kier molecular flexibility index (Phi) is 3.36. The van der Waals surface area contributed by atoms with E-state index in [0.717, 1.165) is 25.4 Å². The molecule has 0 aromatic carbocycles. The molecule has 1 N–H and O–H groups in total. The summed E-state index contributed by atoms with van der Waals surface area (Å²) in [6.07, 6.45) is 7.15. The topological polar surface area (TPSA) is 29.5 Å². The van der Waals surface area contributed by atoms with E-state index in [1.54, 1.807) is 0 Å². The molecule has 2 heteroatoms. The third-order valence-electron chi connectivity index (χ3n) is 4.02. The van der Waals surface area contributed by atoms with Crippen LogP contribution < -0.4 is 0 Å². The van der Waals surface area contributed by atoms with Gasteiger partial charge in [0.1, 0.15) is 0 Å². The van der Waals surface area contributed by atoms with Crippen LogP contribution in [0.3, 0.4) is 0 Å². The molecule has 0 heterocycles. The smallest absolute Gasteiger partial charge is 0.0852 e. The molecule has 0 aromatic rings. The molecule has 2 aliphatic rings. The third kappa shape index (κ3) is 2.94. The van der Waals surface area contributed by atoms with Gasteiger partial charge in [-0.2, -0.15) is 0 Å². The molecular formula is C13H24O2.